The Morgan fingerprint density at radius 3 is 2.73 bits per heavy atom. The van der Waals surface area contributed by atoms with Crippen LogP contribution in [0.2, 0.25) is 0 Å². The first-order chi connectivity index (χ1) is 15.9. The predicted molar refractivity (Wildman–Crippen MR) is 138 cm³/mol. The zero-order chi connectivity index (χ0) is 23.0. The number of nitriles is 1. The molecule has 1 heterocycles. The number of halogens is 1. The lowest BCUT2D eigenvalue weighted by Crippen LogP contribution is -2.79. The van der Waals surface area contributed by atoms with E-state index in [0.29, 0.717) is 25.7 Å². The number of methoxy groups -OCH3 is 1. The molecule has 5 heteroatoms. The van der Waals surface area contributed by atoms with Crippen LogP contribution in [0, 0.1) is 63.6 Å². The third kappa shape index (κ3) is 2.98. The van der Waals surface area contributed by atoms with E-state index in [-0.39, 0.29) is 0 Å². The number of fused-ring (bicyclic) bond motifs is 8. The van der Waals surface area contributed by atoms with Gasteiger partial charge >= 0.3 is 0 Å². The fraction of sp³-hybridized carbons (Fsp3) is 0.857. The molecule has 0 bridgehead atoms. The zero-order valence-electron chi connectivity index (χ0n) is 20.6. The summed E-state index contributed by atoms with van der Waals surface area (Å²) in [7, 11) is 1.88. The molecular formula is C28H40IN3O. The van der Waals surface area contributed by atoms with Crippen LogP contribution in [0.5, 0.6) is 0 Å². The van der Waals surface area contributed by atoms with Gasteiger partial charge in [-0.15, -0.1) is 0 Å². The van der Waals surface area contributed by atoms with Crippen molar-refractivity contribution < 1.29 is 4.74 Å². The van der Waals surface area contributed by atoms with Gasteiger partial charge in [0.15, 0.2) is 0 Å². The van der Waals surface area contributed by atoms with Gasteiger partial charge in [-0.25, -0.2) is 0 Å². The highest BCUT2D eigenvalue weighted by molar-refractivity contribution is 14.1. The van der Waals surface area contributed by atoms with Crippen LogP contribution in [0.3, 0.4) is 0 Å². The number of nitrogens with zero attached hydrogens (tertiary/aromatic N) is 3. The Labute approximate surface area is 213 Å². The van der Waals surface area contributed by atoms with Gasteiger partial charge < -0.3 is 4.74 Å². The molecule has 0 saturated heterocycles. The van der Waals surface area contributed by atoms with Gasteiger partial charge in [0.1, 0.15) is 6.07 Å². The van der Waals surface area contributed by atoms with Crippen LogP contribution >= 0.6 is 22.6 Å². The summed E-state index contributed by atoms with van der Waals surface area (Å²) in [4.78, 5) is 0. The molecule has 10 atom stereocenters. The van der Waals surface area contributed by atoms with Crippen molar-refractivity contribution in [1.82, 2.24) is 9.78 Å². The minimum Gasteiger partial charge on any atom is -0.384 e. The van der Waals surface area contributed by atoms with Crippen molar-refractivity contribution in [2.24, 2.45) is 52.3 Å². The third-order valence-electron chi connectivity index (χ3n) is 11.9. The molecule has 5 aliphatic rings. The van der Waals surface area contributed by atoms with E-state index in [4.69, 9.17) is 4.74 Å². The molecule has 0 radical (unpaired) electrons. The van der Waals surface area contributed by atoms with Gasteiger partial charge in [0, 0.05) is 29.9 Å². The van der Waals surface area contributed by atoms with E-state index >= 15 is 0 Å². The number of hydrogen-bond donors (Lipinski definition) is 0. The Morgan fingerprint density at radius 2 is 2.03 bits per heavy atom. The van der Waals surface area contributed by atoms with Crippen LogP contribution in [0.25, 0.3) is 0 Å². The monoisotopic (exact) mass is 561 g/mol. The third-order valence-corrected chi connectivity index (χ3v) is 13.9. The lowest BCUT2D eigenvalue weighted by Gasteiger charge is -2.83. The summed E-state index contributed by atoms with van der Waals surface area (Å²) in [5.41, 5.74) is 1.66. The van der Waals surface area contributed by atoms with Crippen molar-refractivity contribution in [3.63, 3.8) is 0 Å². The van der Waals surface area contributed by atoms with E-state index in [0.717, 1.165) is 48.7 Å². The van der Waals surface area contributed by atoms with Crippen LogP contribution in [0.15, 0.2) is 12.4 Å². The molecule has 1 aromatic rings. The molecule has 0 N–H and O–H groups in total. The second-order valence-electron chi connectivity index (χ2n) is 12.7. The normalized spacial score (nSPS) is 48.7. The zero-order valence-corrected chi connectivity index (χ0v) is 22.8. The van der Waals surface area contributed by atoms with Gasteiger partial charge in [0.25, 0.3) is 0 Å². The summed E-state index contributed by atoms with van der Waals surface area (Å²) in [5.74, 6) is 6.11. The smallest absolute Gasteiger partial charge is 0.102 e. The Balaban J connectivity index is 1.22. The molecule has 33 heavy (non-hydrogen) atoms. The summed E-state index contributed by atoms with van der Waals surface area (Å²) in [6.45, 7) is 7.11. The van der Waals surface area contributed by atoms with E-state index in [1.165, 1.54) is 57.8 Å². The molecule has 0 spiro atoms. The largest absolute Gasteiger partial charge is 0.384 e. The van der Waals surface area contributed by atoms with Crippen molar-refractivity contribution >= 4 is 22.6 Å². The number of rotatable bonds is 5. The van der Waals surface area contributed by atoms with E-state index < -0.39 is 0 Å². The topological polar surface area (TPSA) is 50.8 Å². The summed E-state index contributed by atoms with van der Waals surface area (Å²) >= 11 is 3.02. The first-order valence-electron chi connectivity index (χ1n) is 13.5. The molecular weight excluding hydrogens is 521 g/mol. The quantitative estimate of drug-likeness (QED) is 0.306. The maximum atomic E-state index is 9.20. The fourth-order valence-corrected chi connectivity index (χ4v) is 12.9. The second kappa shape index (κ2) is 7.95. The average molecular weight is 562 g/mol. The molecule has 6 rings (SSSR count). The summed E-state index contributed by atoms with van der Waals surface area (Å²) in [5, 5.41) is 13.7. The van der Waals surface area contributed by atoms with Crippen LogP contribution in [-0.2, 0) is 11.3 Å². The highest BCUT2D eigenvalue weighted by atomic mass is 127. The SMILES string of the molecule is COC[C@H]1CC[C@H]2[C@H](CC[C@]3(I)[C@@H]2CC[C@@]2(C)[C@H]3C3CC[C@@]32[C@@H](C)Cn2cc(C#N)cn2)C1. The lowest BCUT2D eigenvalue weighted by atomic mass is 9.23. The molecule has 1 unspecified atom stereocenters. The van der Waals surface area contributed by atoms with Gasteiger partial charge in [0.05, 0.1) is 11.8 Å². The fourth-order valence-electron chi connectivity index (χ4n) is 10.7. The van der Waals surface area contributed by atoms with Gasteiger partial charge in [-0.3, -0.25) is 4.68 Å². The van der Waals surface area contributed by atoms with Crippen molar-refractivity contribution in [2.45, 2.75) is 81.6 Å². The van der Waals surface area contributed by atoms with Gasteiger partial charge in [0.2, 0.25) is 0 Å². The summed E-state index contributed by atoms with van der Waals surface area (Å²) in [6.07, 6.45) is 16.5. The summed E-state index contributed by atoms with van der Waals surface area (Å²) in [6, 6.07) is 2.24. The maximum Gasteiger partial charge on any atom is 0.102 e. The molecule has 0 aliphatic heterocycles. The second-order valence-corrected chi connectivity index (χ2v) is 14.7. The Hall–Kier alpha value is -0.610. The first kappa shape index (κ1) is 22.8. The van der Waals surface area contributed by atoms with Crippen molar-refractivity contribution in [1.29, 1.82) is 5.26 Å². The number of aromatic nitrogens is 2. The van der Waals surface area contributed by atoms with E-state index in [9.17, 15) is 5.26 Å². The number of hydrogen-bond acceptors (Lipinski definition) is 3. The van der Waals surface area contributed by atoms with Gasteiger partial charge in [-0.2, -0.15) is 10.4 Å². The number of alkyl halides is 1. The first-order valence-corrected chi connectivity index (χ1v) is 14.6. The molecule has 5 fully saturated rings. The average Bonchev–Trinajstić information content (AvgIpc) is 3.23. The molecule has 1 aromatic heterocycles. The van der Waals surface area contributed by atoms with E-state index in [2.05, 4.69) is 47.6 Å². The van der Waals surface area contributed by atoms with Gasteiger partial charge in [-0.05, 0) is 110 Å². The van der Waals surface area contributed by atoms with Crippen LogP contribution < -0.4 is 0 Å². The van der Waals surface area contributed by atoms with Crippen LogP contribution in [-0.4, -0.2) is 26.9 Å². The maximum absolute atomic E-state index is 9.20. The molecule has 5 aliphatic carbocycles. The Bertz CT molecular complexity index is 955. The number of ether oxygens (including phenoxy) is 1. The minimum absolute atomic E-state index is 0.484. The van der Waals surface area contributed by atoms with Crippen molar-refractivity contribution in [3.8, 4) is 6.07 Å². The van der Waals surface area contributed by atoms with Gasteiger partial charge in [-0.1, -0.05) is 36.4 Å². The summed E-state index contributed by atoms with van der Waals surface area (Å²) < 4.78 is 8.10. The van der Waals surface area contributed by atoms with E-state index in [1.54, 1.807) is 6.20 Å². The Kier molecular flexibility index (Phi) is 5.50. The van der Waals surface area contributed by atoms with Crippen molar-refractivity contribution in [2.75, 3.05) is 13.7 Å². The lowest BCUT2D eigenvalue weighted by molar-refractivity contribution is -0.326. The molecule has 5 saturated carbocycles. The predicted octanol–water partition coefficient (Wildman–Crippen LogP) is 6.48. The molecule has 4 nitrogen and oxygen atoms in total. The van der Waals surface area contributed by atoms with Crippen LogP contribution in [0.4, 0.5) is 0 Å². The minimum atomic E-state index is 0.484. The Morgan fingerprint density at radius 1 is 1.21 bits per heavy atom. The molecule has 180 valence electrons. The van der Waals surface area contributed by atoms with E-state index in [1.807, 2.05) is 18.0 Å². The molecule has 0 aromatic carbocycles. The highest BCUT2D eigenvalue weighted by Crippen LogP contribution is 2.85. The highest BCUT2D eigenvalue weighted by Gasteiger charge is 2.80. The van der Waals surface area contributed by atoms with Crippen molar-refractivity contribution in [3.05, 3.63) is 18.0 Å². The molecule has 0 amide bonds. The van der Waals surface area contributed by atoms with Crippen LogP contribution in [0.1, 0.15) is 77.2 Å². The standard InChI is InChI=1S/C28H40IN3O/c1-18(15-32-16-20(13-30)14-31-32)27-10-8-24(27)25-26(27,2)9-7-23-22-5-4-19(17-33-3)12-21(22)6-11-28(23,25)29/h14,16,18-19,21-25H,4-12,15,17H2,1-3H3/t18-,19-,21+,22-,23+,24?,25+,26-,27+,28-/m0/s1.